The van der Waals surface area contributed by atoms with Crippen molar-refractivity contribution in [3.63, 3.8) is 0 Å². The molecule has 2 aromatic carbocycles. The molecule has 140 valence electrons. The zero-order chi connectivity index (χ0) is 19.0. The predicted octanol–water partition coefficient (Wildman–Crippen LogP) is 1.56. The molecule has 2 heterocycles. The zero-order valence-corrected chi connectivity index (χ0v) is 15.3. The van der Waals surface area contributed by atoms with E-state index >= 15 is 0 Å². The first-order chi connectivity index (χ1) is 13.0. The zero-order valence-electron chi connectivity index (χ0n) is 14.5. The van der Waals surface area contributed by atoms with Gasteiger partial charge < -0.3 is 19.3 Å². The summed E-state index contributed by atoms with van der Waals surface area (Å²) in [5.41, 5.74) is 1.64. The van der Waals surface area contributed by atoms with Gasteiger partial charge in [-0.25, -0.2) is 9.18 Å². The summed E-state index contributed by atoms with van der Waals surface area (Å²) in [5.74, 6) is -0.595. The molecule has 1 fully saturated rings. The van der Waals surface area contributed by atoms with Gasteiger partial charge in [0.2, 0.25) is 0 Å². The number of hydrogen-bond acceptors (Lipinski definition) is 4. The predicted molar refractivity (Wildman–Crippen MR) is 100.0 cm³/mol. The topological polar surface area (TPSA) is 61.0 Å². The molecule has 0 saturated carbocycles. The Morgan fingerprint density at radius 2 is 1.85 bits per heavy atom. The van der Waals surface area contributed by atoms with Crippen molar-refractivity contribution < 1.29 is 18.8 Å². The fourth-order valence-corrected chi connectivity index (χ4v) is 3.72. The second-order valence-corrected chi connectivity index (χ2v) is 7.17. The molecule has 0 atom stereocenters. The normalized spacial score (nSPS) is 15.4. The van der Waals surface area contributed by atoms with E-state index in [2.05, 4.69) is 4.90 Å². The first-order valence-corrected chi connectivity index (χ1v) is 9.15. The number of quaternary nitrogens is 1. The molecule has 0 spiro atoms. The van der Waals surface area contributed by atoms with Gasteiger partial charge in [0.25, 0.3) is 0 Å². The highest BCUT2D eigenvalue weighted by molar-refractivity contribution is 6.32. The van der Waals surface area contributed by atoms with Gasteiger partial charge in [0.15, 0.2) is 0 Å². The molecule has 1 saturated heterocycles. The minimum Gasteiger partial charge on any atom is -0.871 e. The molecule has 1 N–H and O–H groups in total. The maximum atomic E-state index is 13.1. The van der Waals surface area contributed by atoms with Crippen molar-refractivity contribution in [2.75, 3.05) is 31.1 Å². The van der Waals surface area contributed by atoms with Gasteiger partial charge in [0, 0.05) is 27.7 Å². The molecule has 0 bridgehead atoms. The third-order valence-electron chi connectivity index (χ3n) is 4.99. The Hall–Kier alpha value is -2.57. The summed E-state index contributed by atoms with van der Waals surface area (Å²) in [5, 5.41) is 12.5. The van der Waals surface area contributed by atoms with Crippen LogP contribution in [-0.4, -0.2) is 26.2 Å². The van der Waals surface area contributed by atoms with Crippen LogP contribution in [0.2, 0.25) is 5.02 Å². The molecule has 5 nitrogen and oxygen atoms in total. The van der Waals surface area contributed by atoms with E-state index in [1.807, 2.05) is 0 Å². The highest BCUT2D eigenvalue weighted by Crippen LogP contribution is 2.28. The smallest absolute Gasteiger partial charge is 0.336 e. The lowest BCUT2D eigenvalue weighted by Gasteiger charge is -2.33. The van der Waals surface area contributed by atoms with E-state index in [1.165, 1.54) is 29.2 Å². The number of halogens is 2. The molecule has 7 heteroatoms. The summed E-state index contributed by atoms with van der Waals surface area (Å²) >= 11 is 5.97. The van der Waals surface area contributed by atoms with Crippen LogP contribution in [0.3, 0.4) is 0 Å². The summed E-state index contributed by atoms with van der Waals surface area (Å²) in [7, 11) is 0. The van der Waals surface area contributed by atoms with E-state index in [0.717, 1.165) is 37.4 Å². The quantitative estimate of drug-likeness (QED) is 0.692. The Kier molecular flexibility index (Phi) is 4.76. The first-order valence-electron chi connectivity index (χ1n) is 8.77. The van der Waals surface area contributed by atoms with Crippen LogP contribution in [0.25, 0.3) is 11.0 Å². The SMILES string of the molecule is O=c1cc(C[NH+]2CCN(c3ccc(F)cc3)CC2)c2cc(Cl)c([O-])cc2o1. The van der Waals surface area contributed by atoms with Crippen LogP contribution < -0.4 is 20.5 Å². The van der Waals surface area contributed by atoms with Crippen LogP contribution in [0.1, 0.15) is 5.56 Å². The van der Waals surface area contributed by atoms with Crippen LogP contribution >= 0.6 is 11.6 Å². The van der Waals surface area contributed by atoms with E-state index in [0.29, 0.717) is 11.9 Å². The van der Waals surface area contributed by atoms with Crippen molar-refractivity contribution in [3.05, 3.63) is 69.3 Å². The van der Waals surface area contributed by atoms with Crippen molar-refractivity contribution in [2.45, 2.75) is 6.54 Å². The van der Waals surface area contributed by atoms with Crippen LogP contribution in [0.5, 0.6) is 5.75 Å². The van der Waals surface area contributed by atoms with Gasteiger partial charge in [0.1, 0.15) is 17.9 Å². The Bertz CT molecular complexity index is 1030. The number of hydrogen-bond donors (Lipinski definition) is 1. The van der Waals surface area contributed by atoms with Gasteiger partial charge in [-0.1, -0.05) is 17.4 Å². The van der Waals surface area contributed by atoms with E-state index in [1.54, 1.807) is 18.2 Å². The lowest BCUT2D eigenvalue weighted by Crippen LogP contribution is -3.13. The molecule has 1 aliphatic rings. The van der Waals surface area contributed by atoms with Crippen molar-refractivity contribution in [1.29, 1.82) is 0 Å². The van der Waals surface area contributed by atoms with Crippen LogP contribution in [0, 0.1) is 5.82 Å². The molecule has 0 amide bonds. The molecule has 0 radical (unpaired) electrons. The van der Waals surface area contributed by atoms with Crippen LogP contribution in [-0.2, 0) is 6.54 Å². The van der Waals surface area contributed by atoms with E-state index in [9.17, 15) is 14.3 Å². The van der Waals surface area contributed by atoms with Gasteiger partial charge in [0.05, 0.1) is 26.2 Å². The largest absolute Gasteiger partial charge is 0.871 e. The van der Waals surface area contributed by atoms with E-state index in [4.69, 9.17) is 16.0 Å². The highest BCUT2D eigenvalue weighted by Gasteiger charge is 2.21. The molecule has 4 rings (SSSR count). The average Bonchev–Trinajstić information content (AvgIpc) is 2.65. The molecular formula is C20H18ClFN2O3. The van der Waals surface area contributed by atoms with Gasteiger partial charge >= 0.3 is 5.63 Å². The van der Waals surface area contributed by atoms with Gasteiger partial charge in [-0.2, -0.15) is 0 Å². The molecular weight excluding hydrogens is 371 g/mol. The summed E-state index contributed by atoms with van der Waals surface area (Å²) in [6.07, 6.45) is 0. The minimum atomic E-state index is -0.469. The summed E-state index contributed by atoms with van der Waals surface area (Å²) in [6.45, 7) is 4.09. The third-order valence-corrected chi connectivity index (χ3v) is 5.28. The Labute approximate surface area is 160 Å². The highest BCUT2D eigenvalue weighted by atomic mass is 35.5. The molecule has 0 aliphatic carbocycles. The van der Waals surface area contributed by atoms with E-state index in [-0.39, 0.29) is 22.2 Å². The lowest BCUT2D eigenvalue weighted by atomic mass is 10.1. The number of nitrogens with one attached hydrogen (secondary N) is 1. The summed E-state index contributed by atoms with van der Waals surface area (Å²) in [4.78, 5) is 15.4. The van der Waals surface area contributed by atoms with Crippen molar-refractivity contribution in [2.24, 2.45) is 0 Å². The second kappa shape index (κ2) is 7.21. The average molecular weight is 389 g/mol. The molecule has 0 unspecified atom stereocenters. The number of rotatable bonds is 3. The summed E-state index contributed by atoms with van der Waals surface area (Å²) < 4.78 is 18.2. The Balaban J connectivity index is 1.51. The Morgan fingerprint density at radius 3 is 2.56 bits per heavy atom. The molecule has 3 aromatic rings. The van der Waals surface area contributed by atoms with Crippen LogP contribution in [0.4, 0.5) is 10.1 Å². The van der Waals surface area contributed by atoms with Crippen molar-refractivity contribution >= 4 is 28.3 Å². The first kappa shape index (κ1) is 17.8. The van der Waals surface area contributed by atoms with Crippen molar-refractivity contribution in [1.82, 2.24) is 0 Å². The second-order valence-electron chi connectivity index (χ2n) is 6.76. The fraction of sp³-hybridized carbons (Fsp3) is 0.250. The Morgan fingerprint density at radius 1 is 1.15 bits per heavy atom. The number of benzene rings is 2. The van der Waals surface area contributed by atoms with Crippen LogP contribution in [0.15, 0.2) is 51.7 Å². The van der Waals surface area contributed by atoms with Crippen molar-refractivity contribution in [3.8, 4) is 5.75 Å². The molecule has 1 aliphatic heterocycles. The number of piperazine rings is 1. The van der Waals surface area contributed by atoms with E-state index < -0.39 is 5.63 Å². The maximum absolute atomic E-state index is 13.1. The fourth-order valence-electron chi connectivity index (χ4n) is 3.55. The number of nitrogens with zero attached hydrogens (tertiary/aromatic N) is 1. The number of anilines is 1. The maximum Gasteiger partial charge on any atom is 0.336 e. The minimum absolute atomic E-state index is 0.119. The number of fused-ring (bicyclic) bond motifs is 1. The standard InChI is InChI=1S/C20H18ClFN2O3/c21-17-10-16-13(9-20(26)27-19(16)11-18(17)25)12-23-5-7-24(8-6-23)15-3-1-14(22)2-4-15/h1-4,9-11,25H,5-8,12H2. The molecule has 1 aromatic heterocycles. The monoisotopic (exact) mass is 388 g/mol. The third kappa shape index (κ3) is 3.77. The summed E-state index contributed by atoms with van der Waals surface area (Å²) in [6, 6.07) is 10.8. The van der Waals surface area contributed by atoms with Gasteiger partial charge in [-0.3, -0.25) is 0 Å². The molecule has 27 heavy (non-hydrogen) atoms. The van der Waals surface area contributed by atoms with Gasteiger partial charge in [-0.15, -0.1) is 0 Å². The van der Waals surface area contributed by atoms with Gasteiger partial charge in [-0.05, 0) is 36.4 Å². The lowest BCUT2D eigenvalue weighted by molar-refractivity contribution is -0.914.